The van der Waals surface area contributed by atoms with Crippen molar-refractivity contribution in [2.24, 2.45) is 0 Å². The Labute approximate surface area is 282 Å². The topological polar surface area (TPSA) is 73.9 Å². The number of carbonyl (C=O) groups is 2. The fourth-order valence-electron chi connectivity index (χ4n) is 6.94. The van der Waals surface area contributed by atoms with Crippen LogP contribution in [0.3, 0.4) is 0 Å². The number of hydrogen-bond donors (Lipinski definition) is 1. The third-order valence-electron chi connectivity index (χ3n) is 9.63. The molecule has 0 atom stereocenters. The lowest BCUT2D eigenvalue weighted by Crippen LogP contribution is -2.42. The second kappa shape index (κ2) is 16.9. The minimum Gasteiger partial charge on any atom is -0.501 e. The molecular formula is C39H56ClNO5. The third-order valence-corrected chi connectivity index (χ3v) is 9.85. The normalized spacial score (nSPS) is 22.7. The van der Waals surface area contributed by atoms with E-state index in [4.69, 9.17) is 25.8 Å². The summed E-state index contributed by atoms with van der Waals surface area (Å²) >= 11 is 6.63. The molecule has 1 aromatic carbocycles. The van der Waals surface area contributed by atoms with E-state index in [1.807, 2.05) is 32.9 Å². The van der Waals surface area contributed by atoms with E-state index in [2.05, 4.69) is 25.2 Å². The number of rotatable bonds is 4. The maximum absolute atomic E-state index is 13.7. The van der Waals surface area contributed by atoms with Gasteiger partial charge in [-0.15, -0.1) is 0 Å². The van der Waals surface area contributed by atoms with Crippen molar-refractivity contribution >= 4 is 23.5 Å². The summed E-state index contributed by atoms with van der Waals surface area (Å²) in [5, 5.41) is 3.55. The van der Waals surface area contributed by atoms with Crippen LogP contribution in [0.5, 0.6) is 5.75 Å². The van der Waals surface area contributed by atoms with Gasteiger partial charge in [-0.1, -0.05) is 41.7 Å². The summed E-state index contributed by atoms with van der Waals surface area (Å²) in [6, 6.07) is 3.82. The lowest BCUT2D eigenvalue weighted by molar-refractivity contribution is 0.0470. The molecule has 3 aliphatic rings. The summed E-state index contributed by atoms with van der Waals surface area (Å²) in [4.78, 5) is 26.0. The molecule has 1 aromatic rings. The molecule has 0 unspecified atom stereocenters. The molecule has 0 heterocycles. The Kier molecular flexibility index (Phi) is 13.3. The maximum atomic E-state index is 13.7. The first-order valence-electron chi connectivity index (χ1n) is 17.6. The highest BCUT2D eigenvalue weighted by molar-refractivity contribution is 6.31. The number of fused-ring (bicyclic) bond motifs is 2. The van der Waals surface area contributed by atoms with Crippen molar-refractivity contribution in [2.75, 3.05) is 7.11 Å². The molecule has 4 rings (SSSR count). The second-order valence-electron chi connectivity index (χ2n) is 14.5. The average Bonchev–Trinajstić information content (AvgIpc) is 2.99. The van der Waals surface area contributed by atoms with Crippen LogP contribution < -0.4 is 10.1 Å². The molecule has 254 valence electrons. The first-order chi connectivity index (χ1) is 21.9. The number of hydrogen-bond acceptors (Lipinski definition) is 5. The highest BCUT2D eigenvalue weighted by Crippen LogP contribution is 2.36. The van der Waals surface area contributed by atoms with Gasteiger partial charge in [0, 0.05) is 35.0 Å². The predicted molar refractivity (Wildman–Crippen MR) is 187 cm³/mol. The summed E-state index contributed by atoms with van der Waals surface area (Å²) in [6.07, 6.45) is 16.6. The van der Waals surface area contributed by atoms with Crippen molar-refractivity contribution in [1.29, 1.82) is 0 Å². The number of nitrogens with one attached hydrogen (secondary N) is 1. The van der Waals surface area contributed by atoms with Crippen molar-refractivity contribution in [1.82, 2.24) is 5.32 Å². The van der Waals surface area contributed by atoms with Crippen LogP contribution in [0.15, 0.2) is 46.3 Å². The number of amides is 1. The van der Waals surface area contributed by atoms with Crippen LogP contribution in [-0.2, 0) is 15.9 Å². The van der Waals surface area contributed by atoms with Crippen LogP contribution in [-0.4, -0.2) is 36.7 Å². The van der Waals surface area contributed by atoms with Crippen LogP contribution in [0.25, 0.3) is 0 Å². The molecule has 0 spiro atoms. The molecule has 0 saturated heterocycles. The summed E-state index contributed by atoms with van der Waals surface area (Å²) in [6.45, 7) is 10.1. The molecule has 1 saturated carbocycles. The zero-order valence-electron chi connectivity index (χ0n) is 29.1. The monoisotopic (exact) mass is 653 g/mol. The van der Waals surface area contributed by atoms with Crippen LogP contribution in [0.1, 0.15) is 147 Å². The van der Waals surface area contributed by atoms with Gasteiger partial charge in [0.1, 0.15) is 11.4 Å². The Balaban J connectivity index is 1.47. The average molecular weight is 654 g/mol. The SMILES string of the molecule is COC1=C2CCCCC(=O)c3cc(Cl)cc(OC4CCC(NC(=O)OC(C)(C)C)CC4)c3CCCCCCC2=CC(C)=C(C)CC1. The molecule has 7 heteroatoms. The fourth-order valence-corrected chi connectivity index (χ4v) is 7.15. The Morgan fingerprint density at radius 1 is 0.870 bits per heavy atom. The van der Waals surface area contributed by atoms with E-state index in [-0.39, 0.29) is 24.0 Å². The zero-order valence-corrected chi connectivity index (χ0v) is 29.9. The first-order valence-corrected chi connectivity index (χ1v) is 18.0. The van der Waals surface area contributed by atoms with Gasteiger partial charge in [-0.2, -0.15) is 0 Å². The second-order valence-corrected chi connectivity index (χ2v) is 14.9. The van der Waals surface area contributed by atoms with Gasteiger partial charge in [0.05, 0.1) is 19.0 Å². The van der Waals surface area contributed by atoms with Crippen molar-refractivity contribution in [3.63, 3.8) is 0 Å². The molecule has 1 N–H and O–H groups in total. The number of ketones is 1. The molecule has 0 bridgehead atoms. The Hall–Kier alpha value is -2.73. The van der Waals surface area contributed by atoms with E-state index >= 15 is 0 Å². The lowest BCUT2D eigenvalue weighted by Gasteiger charge is -2.31. The fraction of sp³-hybridized carbons (Fsp3) is 0.641. The van der Waals surface area contributed by atoms with Gasteiger partial charge < -0.3 is 19.5 Å². The number of alkyl carbamates (subject to hydrolysis) is 1. The van der Waals surface area contributed by atoms with Gasteiger partial charge in [0.15, 0.2) is 5.78 Å². The van der Waals surface area contributed by atoms with Gasteiger partial charge in [-0.05, 0) is 135 Å². The van der Waals surface area contributed by atoms with Gasteiger partial charge >= 0.3 is 6.09 Å². The number of ether oxygens (including phenoxy) is 3. The van der Waals surface area contributed by atoms with E-state index in [1.165, 1.54) is 22.3 Å². The standard InChI is InChI=1S/C39H56ClNO5/c1-26-17-22-36(44-6)32-14-11-12-16-35(42)34-24-29(40)25-37(33(34)15-10-8-7-9-13-28(32)23-27(26)2)45-31-20-18-30(19-21-31)41-38(43)46-39(3,4)5/h23-25,30-31H,7-22H2,1-6H3,(H,41,43). The summed E-state index contributed by atoms with van der Waals surface area (Å²) in [5.41, 5.74) is 6.78. The van der Waals surface area contributed by atoms with Crippen LogP contribution in [0.2, 0.25) is 5.02 Å². The quantitative estimate of drug-likeness (QED) is 0.350. The van der Waals surface area contributed by atoms with Crippen LogP contribution in [0.4, 0.5) is 4.79 Å². The molecule has 0 aliphatic heterocycles. The largest absolute Gasteiger partial charge is 0.501 e. The molecule has 1 fully saturated rings. The molecule has 46 heavy (non-hydrogen) atoms. The number of carbonyl (C=O) groups excluding carboxylic acids is 2. The molecule has 3 aliphatic carbocycles. The number of halogens is 1. The molecule has 1 amide bonds. The maximum Gasteiger partial charge on any atom is 0.407 e. The van der Waals surface area contributed by atoms with E-state index in [9.17, 15) is 9.59 Å². The minimum atomic E-state index is -0.519. The molecule has 6 nitrogen and oxygen atoms in total. The highest BCUT2D eigenvalue weighted by Gasteiger charge is 2.27. The number of Topliss-reactive ketones (excluding diaryl/α,β-unsaturated/α-hetero) is 1. The van der Waals surface area contributed by atoms with Crippen molar-refractivity contribution in [3.8, 4) is 5.75 Å². The van der Waals surface area contributed by atoms with Crippen molar-refractivity contribution < 1.29 is 23.8 Å². The smallest absolute Gasteiger partial charge is 0.407 e. The lowest BCUT2D eigenvalue weighted by atomic mass is 9.88. The Bertz CT molecular complexity index is 1330. The van der Waals surface area contributed by atoms with Gasteiger partial charge in [0.25, 0.3) is 0 Å². The number of methoxy groups -OCH3 is 1. The van der Waals surface area contributed by atoms with E-state index in [0.29, 0.717) is 11.4 Å². The van der Waals surface area contributed by atoms with Crippen molar-refractivity contribution in [2.45, 2.75) is 155 Å². The summed E-state index contributed by atoms with van der Waals surface area (Å²) in [5.74, 6) is 2.01. The van der Waals surface area contributed by atoms with Gasteiger partial charge in [-0.3, -0.25) is 4.79 Å². The molecule has 0 radical (unpaired) electrons. The van der Waals surface area contributed by atoms with E-state index < -0.39 is 5.60 Å². The third kappa shape index (κ3) is 10.7. The van der Waals surface area contributed by atoms with E-state index in [0.717, 1.165) is 119 Å². The van der Waals surface area contributed by atoms with Gasteiger partial charge in [0.2, 0.25) is 0 Å². The molecule has 0 aromatic heterocycles. The van der Waals surface area contributed by atoms with Crippen molar-refractivity contribution in [3.05, 3.63) is 62.4 Å². The summed E-state index contributed by atoms with van der Waals surface area (Å²) in [7, 11) is 1.80. The van der Waals surface area contributed by atoms with Crippen LogP contribution >= 0.6 is 11.6 Å². The van der Waals surface area contributed by atoms with E-state index in [1.54, 1.807) is 7.11 Å². The Morgan fingerprint density at radius 2 is 1.54 bits per heavy atom. The number of benzene rings is 1. The Morgan fingerprint density at radius 3 is 2.24 bits per heavy atom. The predicted octanol–water partition coefficient (Wildman–Crippen LogP) is 10.8. The van der Waals surface area contributed by atoms with Gasteiger partial charge in [-0.25, -0.2) is 4.79 Å². The number of allylic oxidation sites excluding steroid dienone is 6. The summed E-state index contributed by atoms with van der Waals surface area (Å²) < 4.78 is 18.0. The minimum absolute atomic E-state index is 0.0140. The first kappa shape index (κ1) is 36.1. The van der Waals surface area contributed by atoms with Crippen LogP contribution in [0, 0.1) is 0 Å². The highest BCUT2D eigenvalue weighted by atomic mass is 35.5. The zero-order chi connectivity index (χ0) is 33.3. The molecular weight excluding hydrogens is 598 g/mol.